The predicted molar refractivity (Wildman–Crippen MR) is 82.0 cm³/mol. The first-order chi connectivity index (χ1) is 10.5. The number of phenols is 1. The molecule has 0 saturated heterocycles. The van der Waals surface area contributed by atoms with Gasteiger partial charge in [-0.25, -0.2) is 4.79 Å². The second kappa shape index (κ2) is 6.85. The second-order valence-corrected chi connectivity index (χ2v) is 4.93. The van der Waals surface area contributed by atoms with Gasteiger partial charge >= 0.3 is 5.97 Å². The Kier molecular flexibility index (Phi) is 4.88. The summed E-state index contributed by atoms with van der Waals surface area (Å²) in [5.74, 6) is -0.329. The molecular formula is C17H18O5. The predicted octanol–water partition coefficient (Wildman–Crippen LogP) is 3.17. The molecule has 0 aliphatic carbocycles. The van der Waals surface area contributed by atoms with Crippen LogP contribution in [0.4, 0.5) is 0 Å². The summed E-state index contributed by atoms with van der Waals surface area (Å²) in [5, 5.41) is 18.4. The fraction of sp³-hybridized carbons (Fsp3) is 0.235. The molecule has 2 rings (SSSR count). The van der Waals surface area contributed by atoms with Crippen molar-refractivity contribution in [1.29, 1.82) is 0 Å². The second-order valence-electron chi connectivity index (χ2n) is 4.93. The topological polar surface area (TPSA) is 76.0 Å². The van der Waals surface area contributed by atoms with E-state index in [0.717, 1.165) is 11.3 Å². The van der Waals surface area contributed by atoms with Gasteiger partial charge in [0.15, 0.2) is 0 Å². The van der Waals surface area contributed by atoms with Gasteiger partial charge in [-0.2, -0.15) is 0 Å². The molecule has 0 spiro atoms. The van der Waals surface area contributed by atoms with Crippen molar-refractivity contribution in [2.45, 2.75) is 13.8 Å². The molecule has 5 heteroatoms. The zero-order chi connectivity index (χ0) is 16.1. The minimum Gasteiger partial charge on any atom is -0.507 e. The molecule has 5 nitrogen and oxygen atoms in total. The largest absolute Gasteiger partial charge is 0.507 e. The Morgan fingerprint density at radius 2 is 1.55 bits per heavy atom. The Morgan fingerprint density at radius 1 is 0.955 bits per heavy atom. The minimum atomic E-state index is -1.18. The van der Waals surface area contributed by atoms with Crippen LogP contribution in [0.2, 0.25) is 0 Å². The van der Waals surface area contributed by atoms with Crippen molar-refractivity contribution >= 4 is 5.97 Å². The lowest BCUT2D eigenvalue weighted by Crippen LogP contribution is -2.09. The molecule has 0 aliphatic heterocycles. The number of benzene rings is 2. The highest BCUT2D eigenvalue weighted by Crippen LogP contribution is 2.23. The van der Waals surface area contributed by atoms with E-state index in [2.05, 4.69) is 0 Å². The van der Waals surface area contributed by atoms with E-state index < -0.39 is 5.97 Å². The highest BCUT2D eigenvalue weighted by Gasteiger charge is 2.10. The number of hydrogen-bond donors (Lipinski definition) is 2. The van der Waals surface area contributed by atoms with Crippen LogP contribution in [-0.2, 0) is 0 Å². The summed E-state index contributed by atoms with van der Waals surface area (Å²) in [6.45, 7) is 4.70. The van der Waals surface area contributed by atoms with Crippen LogP contribution in [0.1, 0.15) is 21.5 Å². The zero-order valence-corrected chi connectivity index (χ0v) is 12.5. The van der Waals surface area contributed by atoms with Crippen LogP contribution in [-0.4, -0.2) is 29.4 Å². The highest BCUT2D eigenvalue weighted by atomic mass is 16.5. The number of aromatic hydroxyl groups is 1. The lowest BCUT2D eigenvalue weighted by atomic mass is 10.1. The third-order valence-corrected chi connectivity index (χ3v) is 3.30. The monoisotopic (exact) mass is 302 g/mol. The molecule has 2 aromatic carbocycles. The van der Waals surface area contributed by atoms with E-state index >= 15 is 0 Å². The van der Waals surface area contributed by atoms with Crippen molar-refractivity contribution in [3.63, 3.8) is 0 Å². The van der Waals surface area contributed by atoms with Gasteiger partial charge in [0, 0.05) is 6.07 Å². The summed E-state index contributed by atoms with van der Waals surface area (Å²) in [6.07, 6.45) is 0. The number of carboxylic acid groups (broad SMARTS) is 1. The van der Waals surface area contributed by atoms with Gasteiger partial charge in [-0.05, 0) is 49.2 Å². The van der Waals surface area contributed by atoms with Crippen LogP contribution in [0.15, 0.2) is 36.4 Å². The molecule has 0 bridgehead atoms. The van der Waals surface area contributed by atoms with E-state index in [4.69, 9.17) is 14.6 Å². The molecular weight excluding hydrogens is 284 g/mol. The van der Waals surface area contributed by atoms with Gasteiger partial charge in [-0.1, -0.05) is 6.07 Å². The summed E-state index contributed by atoms with van der Waals surface area (Å²) in [4.78, 5) is 10.8. The van der Waals surface area contributed by atoms with Crippen molar-refractivity contribution < 1.29 is 24.5 Å². The lowest BCUT2D eigenvalue weighted by molar-refractivity contribution is 0.0693. The molecule has 0 saturated carbocycles. The number of carboxylic acids is 1. The number of hydrogen-bond acceptors (Lipinski definition) is 4. The Bertz CT molecular complexity index is 679. The van der Waals surface area contributed by atoms with Crippen molar-refractivity contribution in [3.8, 4) is 17.2 Å². The molecule has 116 valence electrons. The number of rotatable bonds is 6. The molecule has 0 amide bonds. The van der Waals surface area contributed by atoms with Crippen LogP contribution in [0.3, 0.4) is 0 Å². The smallest absolute Gasteiger partial charge is 0.339 e. The first kappa shape index (κ1) is 15.7. The van der Waals surface area contributed by atoms with E-state index in [1.807, 2.05) is 32.0 Å². The average Bonchev–Trinajstić information content (AvgIpc) is 2.47. The molecule has 0 aliphatic rings. The van der Waals surface area contributed by atoms with Gasteiger partial charge < -0.3 is 19.7 Å². The van der Waals surface area contributed by atoms with E-state index in [9.17, 15) is 9.90 Å². The van der Waals surface area contributed by atoms with Gasteiger partial charge in [0.2, 0.25) is 0 Å². The summed E-state index contributed by atoms with van der Waals surface area (Å²) in [6, 6.07) is 9.93. The first-order valence-corrected chi connectivity index (χ1v) is 6.86. The van der Waals surface area contributed by atoms with Crippen molar-refractivity contribution in [2.75, 3.05) is 13.2 Å². The molecule has 0 atom stereocenters. The van der Waals surface area contributed by atoms with Gasteiger partial charge in [-0.15, -0.1) is 0 Å². The van der Waals surface area contributed by atoms with Crippen molar-refractivity contribution in [2.24, 2.45) is 0 Å². The summed E-state index contributed by atoms with van der Waals surface area (Å²) in [7, 11) is 0. The Morgan fingerprint density at radius 3 is 2.09 bits per heavy atom. The summed E-state index contributed by atoms with van der Waals surface area (Å²) >= 11 is 0. The molecule has 2 aromatic rings. The third kappa shape index (κ3) is 3.91. The lowest BCUT2D eigenvalue weighted by Gasteiger charge is -2.10. The summed E-state index contributed by atoms with van der Waals surface area (Å²) < 4.78 is 11.0. The maximum absolute atomic E-state index is 10.8. The van der Waals surface area contributed by atoms with Crippen LogP contribution >= 0.6 is 0 Å². The van der Waals surface area contributed by atoms with Crippen LogP contribution in [0.25, 0.3) is 0 Å². The average molecular weight is 302 g/mol. The van der Waals surface area contributed by atoms with E-state index in [1.54, 1.807) is 0 Å². The fourth-order valence-electron chi connectivity index (χ4n) is 1.90. The van der Waals surface area contributed by atoms with Crippen molar-refractivity contribution in [1.82, 2.24) is 0 Å². The molecule has 2 N–H and O–H groups in total. The van der Waals surface area contributed by atoms with Gasteiger partial charge in [0.25, 0.3) is 0 Å². The molecule has 22 heavy (non-hydrogen) atoms. The number of aromatic carboxylic acids is 1. The van der Waals surface area contributed by atoms with Gasteiger partial charge in [-0.3, -0.25) is 0 Å². The quantitative estimate of drug-likeness (QED) is 0.802. The van der Waals surface area contributed by atoms with Crippen LogP contribution in [0, 0.1) is 13.8 Å². The van der Waals surface area contributed by atoms with E-state index in [0.29, 0.717) is 19.0 Å². The summed E-state index contributed by atoms with van der Waals surface area (Å²) in [5.41, 5.74) is 2.21. The molecule has 0 unspecified atom stereocenters. The number of aryl methyl sites for hydroxylation is 2. The molecule has 0 radical (unpaired) electrons. The molecule has 0 fully saturated rings. The minimum absolute atomic E-state index is 0.154. The normalized spacial score (nSPS) is 10.3. The Labute approximate surface area is 128 Å². The molecule has 0 aromatic heterocycles. The Balaban J connectivity index is 1.85. The maximum atomic E-state index is 10.8. The van der Waals surface area contributed by atoms with Crippen LogP contribution < -0.4 is 9.47 Å². The zero-order valence-electron chi connectivity index (χ0n) is 12.5. The maximum Gasteiger partial charge on any atom is 0.339 e. The van der Waals surface area contributed by atoms with Gasteiger partial charge in [0.05, 0.1) is 0 Å². The third-order valence-electron chi connectivity index (χ3n) is 3.30. The van der Waals surface area contributed by atoms with Crippen molar-refractivity contribution in [3.05, 3.63) is 53.1 Å². The highest BCUT2D eigenvalue weighted by molar-refractivity contribution is 5.90. The van der Waals surface area contributed by atoms with E-state index in [1.165, 1.54) is 23.8 Å². The Hall–Kier alpha value is -2.69. The standard InChI is InChI=1S/C17H18O5/c1-11-3-4-13(9-12(11)2)21-7-8-22-14-5-6-15(17(19)20)16(18)10-14/h3-6,9-10,18H,7-8H2,1-2H3,(H,19,20). The van der Waals surface area contributed by atoms with Crippen LogP contribution in [0.5, 0.6) is 17.2 Å². The van der Waals surface area contributed by atoms with E-state index in [-0.39, 0.29) is 11.3 Å². The SMILES string of the molecule is Cc1ccc(OCCOc2ccc(C(=O)O)c(O)c2)cc1C. The first-order valence-electron chi connectivity index (χ1n) is 6.86. The fourth-order valence-corrected chi connectivity index (χ4v) is 1.90. The van der Waals surface area contributed by atoms with Gasteiger partial charge in [0.1, 0.15) is 36.0 Å². The number of ether oxygens (including phenoxy) is 2. The molecule has 0 heterocycles. The number of carbonyl (C=O) groups is 1.